The van der Waals surface area contributed by atoms with Crippen molar-refractivity contribution in [1.82, 2.24) is 0 Å². The van der Waals surface area contributed by atoms with Crippen molar-refractivity contribution in [3.8, 4) is 0 Å². The van der Waals surface area contributed by atoms with Crippen LogP contribution in [0.25, 0.3) is 0 Å². The van der Waals surface area contributed by atoms with Crippen LogP contribution >= 0.6 is 0 Å². The third kappa shape index (κ3) is 2.37. The Kier molecular flexibility index (Phi) is 2.99. The summed E-state index contributed by atoms with van der Waals surface area (Å²) in [5.41, 5.74) is 0. The maximum absolute atomic E-state index is 12.0. The van der Waals surface area contributed by atoms with Gasteiger partial charge in [0.1, 0.15) is 0 Å². The summed E-state index contributed by atoms with van der Waals surface area (Å²) in [6.07, 6.45) is -2.86. The summed E-state index contributed by atoms with van der Waals surface area (Å²) in [7, 11) is 0. The fourth-order valence-corrected chi connectivity index (χ4v) is 1.72. The Balaban J connectivity index is 2.45. The molecular formula is C8H13F3O. The van der Waals surface area contributed by atoms with E-state index in [1.807, 2.05) is 0 Å². The van der Waals surface area contributed by atoms with Crippen LogP contribution in [0.1, 0.15) is 32.1 Å². The van der Waals surface area contributed by atoms with Crippen molar-refractivity contribution in [2.45, 2.75) is 44.4 Å². The summed E-state index contributed by atoms with van der Waals surface area (Å²) in [4.78, 5) is 0. The zero-order chi connectivity index (χ0) is 9.19. The minimum atomic E-state index is -4.43. The predicted octanol–water partition coefficient (Wildman–Crippen LogP) is 2.49. The lowest BCUT2D eigenvalue weighted by Gasteiger charge is -2.27. The van der Waals surface area contributed by atoms with Crippen LogP contribution in [0.2, 0.25) is 0 Å². The molecule has 0 amide bonds. The van der Waals surface area contributed by atoms with Crippen LogP contribution in [0.15, 0.2) is 0 Å². The molecule has 0 bridgehead atoms. The molecule has 0 radical (unpaired) electrons. The van der Waals surface area contributed by atoms with Crippen molar-refractivity contribution >= 4 is 0 Å². The number of halogens is 3. The first-order valence-corrected chi connectivity index (χ1v) is 4.26. The second-order valence-electron chi connectivity index (χ2n) is 3.38. The standard InChI is InChI=1S/C8H13F3O/c9-8(10,11)7(12)6-4-2-1-3-5-6/h6-7,12H,1-5H2. The molecule has 1 aliphatic carbocycles. The Morgan fingerprint density at radius 2 is 1.58 bits per heavy atom. The summed E-state index contributed by atoms with van der Waals surface area (Å²) < 4.78 is 36.0. The van der Waals surface area contributed by atoms with Gasteiger partial charge in [-0.3, -0.25) is 0 Å². The van der Waals surface area contributed by atoms with E-state index < -0.39 is 18.2 Å². The number of hydrogen-bond donors (Lipinski definition) is 1. The van der Waals surface area contributed by atoms with Gasteiger partial charge in [-0.1, -0.05) is 19.3 Å². The van der Waals surface area contributed by atoms with Gasteiger partial charge in [-0.15, -0.1) is 0 Å². The highest BCUT2D eigenvalue weighted by atomic mass is 19.4. The molecular weight excluding hydrogens is 169 g/mol. The van der Waals surface area contributed by atoms with E-state index >= 15 is 0 Å². The van der Waals surface area contributed by atoms with E-state index in [1.165, 1.54) is 0 Å². The molecule has 1 rings (SSSR count). The lowest BCUT2D eigenvalue weighted by molar-refractivity contribution is -0.222. The fourth-order valence-electron chi connectivity index (χ4n) is 1.72. The van der Waals surface area contributed by atoms with E-state index in [4.69, 9.17) is 5.11 Å². The van der Waals surface area contributed by atoms with Crippen molar-refractivity contribution in [3.05, 3.63) is 0 Å². The highest BCUT2D eigenvalue weighted by molar-refractivity contribution is 4.77. The Bertz CT molecular complexity index is 138. The largest absolute Gasteiger partial charge is 0.414 e. The van der Waals surface area contributed by atoms with Gasteiger partial charge >= 0.3 is 6.18 Å². The lowest BCUT2D eigenvalue weighted by atomic mass is 9.85. The molecule has 1 aliphatic rings. The van der Waals surface area contributed by atoms with Gasteiger partial charge in [-0.05, 0) is 18.8 Å². The average Bonchev–Trinajstić information content (AvgIpc) is 2.03. The third-order valence-corrected chi connectivity index (χ3v) is 2.43. The van der Waals surface area contributed by atoms with E-state index in [1.54, 1.807) is 0 Å². The van der Waals surface area contributed by atoms with E-state index in [9.17, 15) is 13.2 Å². The van der Waals surface area contributed by atoms with E-state index in [0.29, 0.717) is 12.8 Å². The minimum Gasteiger partial charge on any atom is -0.383 e. The first-order valence-electron chi connectivity index (χ1n) is 4.26. The summed E-state index contributed by atoms with van der Waals surface area (Å²) in [5, 5.41) is 8.89. The molecule has 0 aromatic carbocycles. The highest BCUT2D eigenvalue weighted by Crippen LogP contribution is 2.34. The molecule has 0 spiro atoms. The molecule has 0 aromatic rings. The molecule has 1 unspecified atom stereocenters. The highest BCUT2D eigenvalue weighted by Gasteiger charge is 2.43. The van der Waals surface area contributed by atoms with Crippen molar-refractivity contribution < 1.29 is 18.3 Å². The second-order valence-corrected chi connectivity index (χ2v) is 3.38. The number of rotatable bonds is 1. The van der Waals surface area contributed by atoms with Crippen LogP contribution < -0.4 is 0 Å². The van der Waals surface area contributed by atoms with Crippen LogP contribution in [0.4, 0.5) is 13.2 Å². The maximum atomic E-state index is 12.0. The number of alkyl halides is 3. The third-order valence-electron chi connectivity index (χ3n) is 2.43. The molecule has 0 aliphatic heterocycles. The molecule has 72 valence electrons. The zero-order valence-electron chi connectivity index (χ0n) is 6.77. The quantitative estimate of drug-likeness (QED) is 0.660. The van der Waals surface area contributed by atoms with Crippen LogP contribution in [0, 0.1) is 5.92 Å². The van der Waals surface area contributed by atoms with Crippen LogP contribution in [0.3, 0.4) is 0 Å². The molecule has 12 heavy (non-hydrogen) atoms. The molecule has 0 aromatic heterocycles. The van der Waals surface area contributed by atoms with E-state index in [-0.39, 0.29) is 0 Å². The molecule has 1 fully saturated rings. The van der Waals surface area contributed by atoms with Gasteiger partial charge in [0.2, 0.25) is 0 Å². The maximum Gasteiger partial charge on any atom is 0.414 e. The molecule has 0 saturated heterocycles. The number of aliphatic hydroxyl groups is 1. The van der Waals surface area contributed by atoms with Crippen LogP contribution in [-0.4, -0.2) is 17.4 Å². The SMILES string of the molecule is OC(C1CCCCC1)C(F)(F)F. The van der Waals surface area contributed by atoms with Gasteiger partial charge in [0.05, 0.1) is 0 Å². The Hall–Kier alpha value is -0.250. The predicted molar refractivity (Wildman–Crippen MR) is 38.6 cm³/mol. The minimum absolute atomic E-state index is 0.515. The molecule has 1 atom stereocenters. The molecule has 0 heterocycles. The van der Waals surface area contributed by atoms with Crippen molar-refractivity contribution in [1.29, 1.82) is 0 Å². The van der Waals surface area contributed by atoms with Crippen molar-refractivity contribution in [2.75, 3.05) is 0 Å². The molecule has 4 heteroatoms. The van der Waals surface area contributed by atoms with Crippen LogP contribution in [0.5, 0.6) is 0 Å². The van der Waals surface area contributed by atoms with Gasteiger partial charge in [-0.25, -0.2) is 0 Å². The Morgan fingerprint density at radius 3 is 2.00 bits per heavy atom. The van der Waals surface area contributed by atoms with E-state index in [0.717, 1.165) is 19.3 Å². The Labute approximate surface area is 69.6 Å². The van der Waals surface area contributed by atoms with Gasteiger partial charge in [0.25, 0.3) is 0 Å². The molecule has 1 saturated carbocycles. The lowest BCUT2D eigenvalue weighted by Crippen LogP contribution is -2.36. The first-order chi connectivity index (χ1) is 5.52. The smallest absolute Gasteiger partial charge is 0.383 e. The summed E-state index contributed by atoms with van der Waals surface area (Å²) >= 11 is 0. The van der Waals surface area contributed by atoms with Crippen molar-refractivity contribution in [3.63, 3.8) is 0 Å². The first kappa shape index (κ1) is 9.84. The zero-order valence-corrected chi connectivity index (χ0v) is 6.77. The second kappa shape index (κ2) is 3.64. The fraction of sp³-hybridized carbons (Fsp3) is 1.00. The number of aliphatic hydroxyl groups excluding tert-OH is 1. The monoisotopic (exact) mass is 182 g/mol. The molecule has 1 N–H and O–H groups in total. The van der Waals surface area contributed by atoms with Gasteiger partial charge in [0, 0.05) is 0 Å². The molecule has 1 nitrogen and oxygen atoms in total. The summed E-state index contributed by atoms with van der Waals surface area (Å²) in [6.45, 7) is 0. The average molecular weight is 182 g/mol. The van der Waals surface area contributed by atoms with Crippen LogP contribution in [-0.2, 0) is 0 Å². The Morgan fingerprint density at radius 1 is 1.08 bits per heavy atom. The number of hydrogen-bond acceptors (Lipinski definition) is 1. The summed E-state index contributed by atoms with van der Waals surface area (Å²) in [6, 6.07) is 0. The van der Waals surface area contributed by atoms with Gasteiger partial charge in [-0.2, -0.15) is 13.2 Å². The van der Waals surface area contributed by atoms with Gasteiger partial charge < -0.3 is 5.11 Å². The topological polar surface area (TPSA) is 20.2 Å². The van der Waals surface area contributed by atoms with Crippen molar-refractivity contribution in [2.24, 2.45) is 5.92 Å². The summed E-state index contributed by atoms with van der Waals surface area (Å²) in [5.74, 6) is -0.557. The normalized spacial score (nSPS) is 24.0. The van der Waals surface area contributed by atoms with E-state index in [2.05, 4.69) is 0 Å². The van der Waals surface area contributed by atoms with Gasteiger partial charge in [0.15, 0.2) is 6.10 Å².